The predicted molar refractivity (Wildman–Crippen MR) is 87.4 cm³/mol. The largest absolute Gasteiger partial charge is 0.478 e. The van der Waals surface area contributed by atoms with Gasteiger partial charge in [-0.05, 0) is 63.4 Å². The first-order chi connectivity index (χ1) is 10.6. The summed E-state index contributed by atoms with van der Waals surface area (Å²) in [7, 11) is 0. The summed E-state index contributed by atoms with van der Waals surface area (Å²) >= 11 is 0. The Morgan fingerprint density at radius 3 is 2.64 bits per heavy atom. The third kappa shape index (κ3) is 2.71. The molecule has 1 aliphatic rings. The molecule has 3 rings (SSSR count). The molecule has 22 heavy (non-hydrogen) atoms. The number of aromatic nitrogens is 1. The molecule has 1 aliphatic heterocycles. The lowest BCUT2D eigenvalue weighted by Crippen LogP contribution is -2.38. The SMILES string of the molecule is CC(C)N1CCC(c2ccc3ncccc3c2C(=O)O)CC1. The summed E-state index contributed by atoms with van der Waals surface area (Å²) in [5, 5.41) is 10.4. The molecular formula is C18H22N2O2. The van der Waals surface area contributed by atoms with E-state index >= 15 is 0 Å². The molecule has 0 aliphatic carbocycles. The summed E-state index contributed by atoms with van der Waals surface area (Å²) < 4.78 is 0. The van der Waals surface area contributed by atoms with Gasteiger partial charge < -0.3 is 10.0 Å². The molecule has 116 valence electrons. The first kappa shape index (κ1) is 15.0. The van der Waals surface area contributed by atoms with Crippen molar-refractivity contribution in [2.75, 3.05) is 13.1 Å². The van der Waals surface area contributed by atoms with E-state index in [9.17, 15) is 9.90 Å². The molecule has 4 heteroatoms. The second-order valence-corrected chi connectivity index (χ2v) is 6.31. The van der Waals surface area contributed by atoms with Crippen LogP contribution in [-0.4, -0.2) is 40.1 Å². The fourth-order valence-corrected chi connectivity index (χ4v) is 3.48. The second kappa shape index (κ2) is 6.05. The van der Waals surface area contributed by atoms with E-state index in [2.05, 4.69) is 23.7 Å². The van der Waals surface area contributed by atoms with Gasteiger partial charge in [0.05, 0.1) is 11.1 Å². The Balaban J connectivity index is 1.97. The number of carboxylic acids is 1. The van der Waals surface area contributed by atoms with Crippen molar-refractivity contribution in [3.63, 3.8) is 0 Å². The number of carboxylic acid groups (broad SMARTS) is 1. The molecule has 0 radical (unpaired) electrons. The fraction of sp³-hybridized carbons (Fsp3) is 0.444. The van der Waals surface area contributed by atoms with Gasteiger partial charge in [-0.2, -0.15) is 0 Å². The molecule has 2 aromatic rings. The van der Waals surface area contributed by atoms with Crippen LogP contribution in [0.1, 0.15) is 48.5 Å². The van der Waals surface area contributed by atoms with Crippen LogP contribution < -0.4 is 0 Å². The van der Waals surface area contributed by atoms with Crippen LogP contribution in [-0.2, 0) is 0 Å². The number of rotatable bonds is 3. The van der Waals surface area contributed by atoms with E-state index in [0.717, 1.165) is 42.4 Å². The molecular weight excluding hydrogens is 276 g/mol. The van der Waals surface area contributed by atoms with Crippen LogP contribution in [0.4, 0.5) is 0 Å². The Morgan fingerprint density at radius 1 is 1.27 bits per heavy atom. The quantitative estimate of drug-likeness (QED) is 0.942. The number of carbonyl (C=O) groups is 1. The minimum atomic E-state index is -0.847. The Morgan fingerprint density at radius 2 is 2.00 bits per heavy atom. The lowest BCUT2D eigenvalue weighted by Gasteiger charge is -2.35. The van der Waals surface area contributed by atoms with Crippen molar-refractivity contribution >= 4 is 16.9 Å². The monoisotopic (exact) mass is 298 g/mol. The van der Waals surface area contributed by atoms with Crippen LogP contribution in [0.25, 0.3) is 10.9 Å². The van der Waals surface area contributed by atoms with E-state index in [1.54, 1.807) is 12.3 Å². The zero-order valence-corrected chi connectivity index (χ0v) is 13.1. The fourth-order valence-electron chi connectivity index (χ4n) is 3.48. The van der Waals surface area contributed by atoms with Gasteiger partial charge in [0.2, 0.25) is 0 Å². The number of benzene rings is 1. The Hall–Kier alpha value is -1.94. The first-order valence-electron chi connectivity index (χ1n) is 7.93. The average molecular weight is 298 g/mol. The van der Waals surface area contributed by atoms with Crippen molar-refractivity contribution in [1.82, 2.24) is 9.88 Å². The minimum Gasteiger partial charge on any atom is -0.478 e. The van der Waals surface area contributed by atoms with Crippen molar-refractivity contribution in [1.29, 1.82) is 0 Å². The van der Waals surface area contributed by atoms with Gasteiger partial charge in [0, 0.05) is 17.6 Å². The van der Waals surface area contributed by atoms with Crippen molar-refractivity contribution in [2.24, 2.45) is 0 Å². The van der Waals surface area contributed by atoms with Crippen molar-refractivity contribution in [2.45, 2.75) is 38.6 Å². The predicted octanol–water partition coefficient (Wildman–Crippen LogP) is 3.52. The van der Waals surface area contributed by atoms with Crippen LogP contribution in [0, 0.1) is 0 Å². The normalized spacial score (nSPS) is 17.2. The third-order valence-electron chi connectivity index (χ3n) is 4.73. The molecule has 1 saturated heterocycles. The number of fused-ring (bicyclic) bond motifs is 1. The lowest BCUT2D eigenvalue weighted by atomic mass is 9.85. The van der Waals surface area contributed by atoms with Gasteiger partial charge >= 0.3 is 5.97 Å². The summed E-state index contributed by atoms with van der Waals surface area (Å²) in [6.45, 7) is 6.49. The molecule has 1 aromatic carbocycles. The maximum absolute atomic E-state index is 11.8. The summed E-state index contributed by atoms with van der Waals surface area (Å²) in [5.41, 5.74) is 2.16. The maximum Gasteiger partial charge on any atom is 0.336 e. The number of hydrogen-bond donors (Lipinski definition) is 1. The lowest BCUT2D eigenvalue weighted by molar-refractivity contribution is 0.0696. The van der Waals surface area contributed by atoms with Gasteiger partial charge in [-0.3, -0.25) is 4.98 Å². The summed E-state index contributed by atoms with van der Waals surface area (Å²) in [6, 6.07) is 8.14. The Labute approximate surface area is 130 Å². The summed E-state index contributed by atoms with van der Waals surface area (Å²) in [4.78, 5) is 18.5. The molecule has 0 bridgehead atoms. The van der Waals surface area contributed by atoms with E-state index in [4.69, 9.17) is 0 Å². The van der Waals surface area contributed by atoms with E-state index in [1.165, 1.54) is 0 Å². The summed E-state index contributed by atoms with van der Waals surface area (Å²) in [6.07, 6.45) is 3.74. The van der Waals surface area contributed by atoms with Gasteiger partial charge in [0.25, 0.3) is 0 Å². The number of aromatic carboxylic acids is 1. The van der Waals surface area contributed by atoms with Crippen molar-refractivity contribution < 1.29 is 9.90 Å². The van der Waals surface area contributed by atoms with Crippen LogP contribution in [0.5, 0.6) is 0 Å². The van der Waals surface area contributed by atoms with Gasteiger partial charge in [-0.25, -0.2) is 4.79 Å². The Kier molecular flexibility index (Phi) is 4.12. The van der Waals surface area contributed by atoms with Crippen molar-refractivity contribution in [3.8, 4) is 0 Å². The van der Waals surface area contributed by atoms with E-state index in [1.807, 2.05) is 18.2 Å². The second-order valence-electron chi connectivity index (χ2n) is 6.31. The van der Waals surface area contributed by atoms with Gasteiger partial charge in [0.1, 0.15) is 0 Å². The number of likely N-dealkylation sites (tertiary alicyclic amines) is 1. The highest BCUT2D eigenvalue weighted by Crippen LogP contribution is 2.34. The van der Waals surface area contributed by atoms with Crippen LogP contribution in [0.2, 0.25) is 0 Å². The topological polar surface area (TPSA) is 53.4 Å². The van der Waals surface area contributed by atoms with E-state index in [-0.39, 0.29) is 0 Å². The summed E-state index contributed by atoms with van der Waals surface area (Å²) in [5.74, 6) is -0.523. The Bertz CT molecular complexity index is 689. The molecule has 0 unspecified atom stereocenters. The molecule has 0 atom stereocenters. The standard InChI is InChI=1S/C18H22N2O2/c1-12(2)20-10-7-13(8-11-20)14-5-6-16-15(4-3-9-19-16)17(14)18(21)22/h3-6,9,12-13H,7-8,10-11H2,1-2H3,(H,21,22). The highest BCUT2D eigenvalue weighted by Gasteiger charge is 2.26. The molecule has 0 spiro atoms. The van der Waals surface area contributed by atoms with Gasteiger partial charge in [-0.15, -0.1) is 0 Å². The highest BCUT2D eigenvalue weighted by molar-refractivity contribution is 6.04. The van der Waals surface area contributed by atoms with Gasteiger partial charge in [0.15, 0.2) is 0 Å². The first-order valence-corrected chi connectivity index (χ1v) is 7.93. The van der Waals surface area contributed by atoms with E-state index in [0.29, 0.717) is 17.5 Å². The van der Waals surface area contributed by atoms with Crippen LogP contribution in [0.3, 0.4) is 0 Å². The average Bonchev–Trinajstić information content (AvgIpc) is 2.53. The molecule has 2 heterocycles. The third-order valence-corrected chi connectivity index (χ3v) is 4.73. The maximum atomic E-state index is 11.8. The number of nitrogens with zero attached hydrogens (tertiary/aromatic N) is 2. The molecule has 4 nitrogen and oxygen atoms in total. The molecule has 0 saturated carbocycles. The number of hydrogen-bond acceptors (Lipinski definition) is 3. The van der Waals surface area contributed by atoms with Gasteiger partial charge in [-0.1, -0.05) is 12.1 Å². The zero-order valence-electron chi connectivity index (χ0n) is 13.1. The molecule has 1 fully saturated rings. The van der Waals surface area contributed by atoms with Crippen LogP contribution >= 0.6 is 0 Å². The molecule has 1 aromatic heterocycles. The molecule has 0 amide bonds. The minimum absolute atomic E-state index is 0.325. The number of piperidine rings is 1. The van der Waals surface area contributed by atoms with Crippen LogP contribution in [0.15, 0.2) is 30.5 Å². The van der Waals surface area contributed by atoms with E-state index < -0.39 is 5.97 Å². The highest BCUT2D eigenvalue weighted by atomic mass is 16.4. The van der Waals surface area contributed by atoms with Crippen molar-refractivity contribution in [3.05, 3.63) is 41.6 Å². The molecule has 1 N–H and O–H groups in total. The smallest absolute Gasteiger partial charge is 0.336 e. The zero-order chi connectivity index (χ0) is 15.7. The number of pyridine rings is 1.